The number of aliphatic hydroxyl groups is 1. The Morgan fingerprint density at radius 3 is 2.92 bits per heavy atom. The van der Waals surface area contributed by atoms with Crippen molar-refractivity contribution in [2.45, 2.75) is 19.9 Å². The first kappa shape index (κ1) is 9.96. The van der Waals surface area contributed by atoms with Crippen LogP contribution in [0, 0.1) is 5.92 Å². The molecule has 1 atom stereocenters. The van der Waals surface area contributed by atoms with Gasteiger partial charge in [-0.3, -0.25) is 4.90 Å². The van der Waals surface area contributed by atoms with Gasteiger partial charge in [-0.2, -0.15) is 0 Å². The van der Waals surface area contributed by atoms with Crippen molar-refractivity contribution in [3.05, 3.63) is 5.92 Å². The van der Waals surface area contributed by atoms with Gasteiger partial charge in [0.2, 0.25) is 0 Å². The predicted octanol–water partition coefficient (Wildman–Crippen LogP) is 0.294. The van der Waals surface area contributed by atoms with Crippen molar-refractivity contribution >= 4 is 0 Å². The third-order valence-electron chi connectivity index (χ3n) is 2.08. The Balaban J connectivity index is 2.36. The first-order valence-corrected chi connectivity index (χ1v) is 4.45. The quantitative estimate of drug-likeness (QED) is 0.664. The lowest BCUT2D eigenvalue weighted by Crippen LogP contribution is -2.48. The molecule has 0 aromatic heterocycles. The highest BCUT2D eigenvalue weighted by molar-refractivity contribution is 4.86. The van der Waals surface area contributed by atoms with E-state index >= 15 is 0 Å². The lowest BCUT2D eigenvalue weighted by atomic mass is 10.1. The molecule has 0 bridgehead atoms. The molecule has 1 N–H and O–H groups in total. The third kappa shape index (κ3) is 2.73. The maximum Gasteiger partial charge on any atom is 0.0644 e. The van der Waals surface area contributed by atoms with Crippen LogP contribution in [0.3, 0.4) is 0 Å². The summed E-state index contributed by atoms with van der Waals surface area (Å²) in [6.07, 6.45) is 0. The highest BCUT2D eigenvalue weighted by atomic mass is 16.5. The molecule has 0 saturated carbocycles. The fourth-order valence-corrected chi connectivity index (χ4v) is 1.47. The van der Waals surface area contributed by atoms with Crippen LogP contribution in [0.1, 0.15) is 13.8 Å². The summed E-state index contributed by atoms with van der Waals surface area (Å²) in [5.74, 6) is 1.38. The van der Waals surface area contributed by atoms with Gasteiger partial charge in [-0.15, -0.1) is 0 Å². The largest absolute Gasteiger partial charge is 0.395 e. The topological polar surface area (TPSA) is 32.7 Å². The zero-order chi connectivity index (χ0) is 8.97. The first-order valence-electron chi connectivity index (χ1n) is 4.45. The number of aliphatic hydroxyl groups excluding tert-OH is 1. The van der Waals surface area contributed by atoms with Gasteiger partial charge < -0.3 is 9.84 Å². The van der Waals surface area contributed by atoms with E-state index in [4.69, 9.17) is 9.84 Å². The summed E-state index contributed by atoms with van der Waals surface area (Å²) in [5, 5.41) is 9.04. The number of nitrogens with zero attached hydrogens (tertiary/aromatic N) is 1. The van der Waals surface area contributed by atoms with E-state index < -0.39 is 0 Å². The summed E-state index contributed by atoms with van der Waals surface area (Å²) >= 11 is 0. The smallest absolute Gasteiger partial charge is 0.0644 e. The minimum absolute atomic E-state index is 0.202. The molecule has 1 rings (SSSR count). The second-order valence-electron chi connectivity index (χ2n) is 3.59. The van der Waals surface area contributed by atoms with Gasteiger partial charge in [0.05, 0.1) is 25.9 Å². The molecule has 1 fully saturated rings. The number of hydrogen-bond acceptors (Lipinski definition) is 3. The molecule has 0 spiro atoms. The Hall–Kier alpha value is -0.120. The molecule has 0 aliphatic carbocycles. The molecule has 0 aromatic carbocycles. The fourth-order valence-electron chi connectivity index (χ4n) is 1.47. The van der Waals surface area contributed by atoms with Crippen molar-refractivity contribution in [1.82, 2.24) is 4.90 Å². The van der Waals surface area contributed by atoms with E-state index in [0.29, 0.717) is 6.61 Å². The van der Waals surface area contributed by atoms with Crippen molar-refractivity contribution in [1.29, 1.82) is 0 Å². The Morgan fingerprint density at radius 1 is 1.58 bits per heavy atom. The van der Waals surface area contributed by atoms with Crippen LogP contribution in [0.4, 0.5) is 0 Å². The van der Waals surface area contributed by atoms with Crippen molar-refractivity contribution < 1.29 is 9.84 Å². The molecule has 3 heteroatoms. The average molecular weight is 172 g/mol. The molecule has 1 radical (unpaired) electrons. The van der Waals surface area contributed by atoms with Gasteiger partial charge >= 0.3 is 0 Å². The van der Waals surface area contributed by atoms with Crippen LogP contribution in [0.25, 0.3) is 0 Å². The summed E-state index contributed by atoms with van der Waals surface area (Å²) in [6.45, 7) is 7.82. The van der Waals surface area contributed by atoms with Gasteiger partial charge in [-0.1, -0.05) is 13.8 Å². The van der Waals surface area contributed by atoms with E-state index in [9.17, 15) is 0 Å². The molecule has 1 heterocycles. The molecule has 3 nitrogen and oxygen atoms in total. The van der Waals surface area contributed by atoms with Gasteiger partial charge in [0, 0.05) is 13.1 Å². The molecule has 1 aliphatic rings. The molecular weight excluding hydrogens is 154 g/mol. The fraction of sp³-hybridized carbons (Fsp3) is 0.889. The number of morpholine rings is 1. The van der Waals surface area contributed by atoms with Gasteiger partial charge in [0.1, 0.15) is 0 Å². The van der Waals surface area contributed by atoms with Crippen LogP contribution < -0.4 is 0 Å². The summed E-state index contributed by atoms with van der Waals surface area (Å²) in [4.78, 5) is 2.28. The molecule has 12 heavy (non-hydrogen) atoms. The third-order valence-corrected chi connectivity index (χ3v) is 2.08. The first-order chi connectivity index (χ1) is 5.74. The number of ether oxygens (including phenoxy) is 1. The summed E-state index contributed by atoms with van der Waals surface area (Å²) in [6, 6.07) is 0.202. The zero-order valence-electron chi connectivity index (χ0n) is 7.92. The minimum atomic E-state index is 0.202. The van der Waals surface area contributed by atoms with Crippen molar-refractivity contribution in [2.75, 3.05) is 32.9 Å². The van der Waals surface area contributed by atoms with E-state index in [-0.39, 0.29) is 12.6 Å². The predicted molar refractivity (Wildman–Crippen MR) is 47.9 cm³/mol. The highest BCUT2D eigenvalue weighted by Gasteiger charge is 2.22. The standard InChI is InChI=1S/C9H18NO2/c1-8(2)5-10-3-4-12-7-9(10)6-11/h9,11H,3-7H2,1-2H3/t9-/m0/s1. The molecule has 71 valence electrons. The second-order valence-corrected chi connectivity index (χ2v) is 3.59. The summed E-state index contributed by atoms with van der Waals surface area (Å²) in [5.41, 5.74) is 0. The van der Waals surface area contributed by atoms with Gasteiger partial charge in [0.25, 0.3) is 0 Å². The average Bonchev–Trinajstić information content (AvgIpc) is 2.04. The van der Waals surface area contributed by atoms with Gasteiger partial charge in [-0.05, 0) is 5.92 Å². The molecule has 1 aliphatic heterocycles. The van der Waals surface area contributed by atoms with Crippen LogP contribution >= 0.6 is 0 Å². The zero-order valence-corrected chi connectivity index (χ0v) is 7.92. The Labute approximate surface area is 74.3 Å². The highest BCUT2D eigenvalue weighted by Crippen LogP contribution is 2.09. The Kier molecular flexibility index (Phi) is 3.98. The monoisotopic (exact) mass is 172 g/mol. The maximum atomic E-state index is 9.04. The summed E-state index contributed by atoms with van der Waals surface area (Å²) in [7, 11) is 0. The normalized spacial score (nSPS) is 26.5. The molecule has 0 unspecified atom stereocenters. The van der Waals surface area contributed by atoms with Crippen LogP contribution in [0.15, 0.2) is 0 Å². The van der Waals surface area contributed by atoms with E-state index in [0.717, 1.165) is 19.7 Å². The second kappa shape index (κ2) is 4.80. The van der Waals surface area contributed by atoms with Gasteiger partial charge in [-0.25, -0.2) is 0 Å². The van der Waals surface area contributed by atoms with Crippen molar-refractivity contribution in [3.8, 4) is 0 Å². The summed E-state index contributed by atoms with van der Waals surface area (Å²) < 4.78 is 5.27. The SMILES string of the molecule is C[C](C)CN1CCOC[C@@H]1CO. The lowest BCUT2D eigenvalue weighted by molar-refractivity contribution is -0.0250. The molecule has 0 amide bonds. The lowest BCUT2D eigenvalue weighted by Gasteiger charge is -2.35. The van der Waals surface area contributed by atoms with Crippen LogP contribution in [-0.2, 0) is 4.74 Å². The van der Waals surface area contributed by atoms with E-state index in [1.807, 2.05) is 0 Å². The van der Waals surface area contributed by atoms with Crippen LogP contribution in [0.2, 0.25) is 0 Å². The molecule has 0 aromatic rings. The Morgan fingerprint density at radius 2 is 2.33 bits per heavy atom. The van der Waals surface area contributed by atoms with Crippen molar-refractivity contribution in [3.63, 3.8) is 0 Å². The van der Waals surface area contributed by atoms with E-state index in [1.54, 1.807) is 0 Å². The number of rotatable bonds is 3. The van der Waals surface area contributed by atoms with E-state index in [2.05, 4.69) is 18.7 Å². The maximum absolute atomic E-state index is 9.04. The van der Waals surface area contributed by atoms with Crippen LogP contribution in [-0.4, -0.2) is 49.0 Å². The van der Waals surface area contributed by atoms with Crippen molar-refractivity contribution in [2.24, 2.45) is 0 Å². The van der Waals surface area contributed by atoms with Gasteiger partial charge in [0.15, 0.2) is 0 Å². The minimum Gasteiger partial charge on any atom is -0.395 e. The molecule has 1 saturated heterocycles. The number of hydrogen-bond donors (Lipinski definition) is 1. The molecular formula is C9H18NO2. The van der Waals surface area contributed by atoms with E-state index in [1.165, 1.54) is 5.92 Å². The Bertz CT molecular complexity index is 128. The van der Waals surface area contributed by atoms with Crippen LogP contribution in [0.5, 0.6) is 0 Å².